The Morgan fingerprint density at radius 2 is 1.96 bits per heavy atom. The Labute approximate surface area is 178 Å². The molecule has 1 aromatic heterocycles. The molecule has 1 aliphatic rings. The number of halogens is 3. The van der Waals surface area contributed by atoms with Gasteiger partial charge in [-0.3, -0.25) is 0 Å². The van der Waals surface area contributed by atoms with Crippen molar-refractivity contribution in [2.45, 2.75) is 26.3 Å². The van der Waals surface area contributed by atoms with Gasteiger partial charge in [-0.15, -0.1) is 0 Å². The van der Waals surface area contributed by atoms with Crippen LogP contribution in [0.1, 0.15) is 25.3 Å². The number of rotatable bonds is 4. The van der Waals surface area contributed by atoms with Crippen molar-refractivity contribution in [2.75, 3.05) is 18.6 Å². The predicted octanol–water partition coefficient (Wildman–Crippen LogP) is 6.30. The number of hydrogen-bond donors (Lipinski definition) is 0. The largest absolute Gasteiger partial charge is 0.399 e. The third-order valence-corrected chi connectivity index (χ3v) is 5.72. The van der Waals surface area contributed by atoms with Crippen molar-refractivity contribution in [3.63, 3.8) is 0 Å². The molecule has 28 heavy (non-hydrogen) atoms. The van der Waals surface area contributed by atoms with Crippen molar-refractivity contribution in [1.29, 1.82) is 0 Å². The fraction of sp³-hybridized carbons (Fsp3) is 0.300. The van der Waals surface area contributed by atoms with Crippen molar-refractivity contribution >= 4 is 63.2 Å². The average Bonchev–Trinajstić information content (AvgIpc) is 3.08. The van der Waals surface area contributed by atoms with Crippen molar-refractivity contribution in [2.24, 2.45) is 5.16 Å². The third-order valence-electron chi connectivity index (χ3n) is 4.88. The highest BCUT2D eigenvalue weighted by atomic mass is 35.5. The van der Waals surface area contributed by atoms with Crippen LogP contribution < -0.4 is 4.90 Å². The first-order valence-corrected chi connectivity index (χ1v) is 10.2. The molecule has 0 aliphatic carbocycles. The molecule has 0 saturated carbocycles. The van der Waals surface area contributed by atoms with Crippen LogP contribution in [0.3, 0.4) is 0 Å². The van der Waals surface area contributed by atoms with Gasteiger partial charge in [-0.1, -0.05) is 46.9 Å². The molecule has 1 aliphatic heterocycles. The third kappa shape index (κ3) is 3.21. The monoisotopic (exact) mass is 436 g/mol. The van der Waals surface area contributed by atoms with E-state index >= 15 is 0 Å². The first kappa shape index (κ1) is 19.4. The van der Waals surface area contributed by atoms with Gasteiger partial charge in [0.25, 0.3) is 0 Å². The Morgan fingerprint density at radius 3 is 2.68 bits per heavy atom. The van der Waals surface area contributed by atoms with Crippen molar-refractivity contribution in [1.82, 2.24) is 9.55 Å². The molecule has 0 bridgehead atoms. The molecule has 0 saturated heterocycles. The van der Waals surface area contributed by atoms with E-state index in [0.717, 1.165) is 59.9 Å². The SMILES string of the molecule is CCC(=NOC)c1ccc(Cl)c2nc3n(c12)CCCN3c1ccc(Cl)cc1Cl. The molecule has 146 valence electrons. The van der Waals surface area contributed by atoms with E-state index in [0.29, 0.717) is 15.1 Å². The van der Waals surface area contributed by atoms with Crippen LogP contribution in [-0.2, 0) is 11.4 Å². The first-order chi connectivity index (χ1) is 13.5. The zero-order chi connectivity index (χ0) is 19.8. The van der Waals surface area contributed by atoms with Gasteiger partial charge in [-0.05, 0) is 43.2 Å². The van der Waals surface area contributed by atoms with E-state index in [1.165, 1.54) is 0 Å². The van der Waals surface area contributed by atoms with Crippen LogP contribution in [0.15, 0.2) is 35.5 Å². The lowest BCUT2D eigenvalue weighted by Gasteiger charge is -2.30. The lowest BCUT2D eigenvalue weighted by Crippen LogP contribution is -2.28. The number of nitrogens with zero attached hydrogens (tertiary/aromatic N) is 4. The van der Waals surface area contributed by atoms with Crippen LogP contribution in [0.2, 0.25) is 15.1 Å². The number of aryl methyl sites for hydroxylation is 1. The second kappa shape index (κ2) is 7.82. The number of fused-ring (bicyclic) bond motifs is 3. The van der Waals surface area contributed by atoms with Crippen LogP contribution in [0.5, 0.6) is 0 Å². The van der Waals surface area contributed by atoms with Gasteiger partial charge in [0.2, 0.25) is 5.95 Å². The number of oxime groups is 1. The van der Waals surface area contributed by atoms with E-state index in [4.69, 9.17) is 44.6 Å². The van der Waals surface area contributed by atoms with Crippen LogP contribution in [0.4, 0.5) is 11.6 Å². The van der Waals surface area contributed by atoms with E-state index in [1.807, 2.05) is 31.2 Å². The molecule has 5 nitrogen and oxygen atoms in total. The molecule has 8 heteroatoms. The smallest absolute Gasteiger partial charge is 0.211 e. The summed E-state index contributed by atoms with van der Waals surface area (Å²) in [5, 5.41) is 6.01. The van der Waals surface area contributed by atoms with Crippen LogP contribution in [0.25, 0.3) is 11.0 Å². The maximum absolute atomic E-state index is 6.51. The fourth-order valence-electron chi connectivity index (χ4n) is 3.68. The molecule has 0 radical (unpaired) electrons. The Balaban J connectivity index is 1.95. The van der Waals surface area contributed by atoms with Gasteiger partial charge in [0, 0.05) is 23.7 Å². The maximum Gasteiger partial charge on any atom is 0.211 e. The average molecular weight is 438 g/mol. The summed E-state index contributed by atoms with van der Waals surface area (Å²) < 4.78 is 2.19. The zero-order valence-electron chi connectivity index (χ0n) is 15.5. The van der Waals surface area contributed by atoms with Gasteiger partial charge in [-0.25, -0.2) is 4.98 Å². The van der Waals surface area contributed by atoms with E-state index in [2.05, 4.69) is 14.6 Å². The minimum Gasteiger partial charge on any atom is -0.399 e. The standard InChI is InChI=1S/C20H19Cl3N4O/c1-3-16(25-28-2)13-6-7-14(22)18-19(13)27-10-4-9-26(20(27)24-18)17-8-5-12(21)11-15(17)23/h5-8,11H,3-4,9-10H2,1-2H3. The van der Waals surface area contributed by atoms with E-state index < -0.39 is 0 Å². The summed E-state index contributed by atoms with van der Waals surface area (Å²) >= 11 is 19.1. The summed E-state index contributed by atoms with van der Waals surface area (Å²) in [7, 11) is 1.55. The summed E-state index contributed by atoms with van der Waals surface area (Å²) in [6.45, 7) is 3.70. The minimum absolute atomic E-state index is 0.592. The van der Waals surface area contributed by atoms with Crippen LogP contribution >= 0.6 is 34.8 Å². The van der Waals surface area contributed by atoms with Crippen molar-refractivity contribution < 1.29 is 4.84 Å². The molecule has 0 fully saturated rings. The normalized spacial score (nSPS) is 14.5. The summed E-state index contributed by atoms with van der Waals surface area (Å²) in [5.41, 5.74) is 4.43. The minimum atomic E-state index is 0.592. The second-order valence-electron chi connectivity index (χ2n) is 6.53. The Kier molecular flexibility index (Phi) is 5.41. The van der Waals surface area contributed by atoms with Gasteiger partial charge in [0.1, 0.15) is 12.6 Å². The molecular formula is C20H19Cl3N4O. The Hall–Kier alpha value is -1.95. The van der Waals surface area contributed by atoms with Gasteiger partial charge < -0.3 is 14.3 Å². The summed E-state index contributed by atoms with van der Waals surface area (Å²) in [5.74, 6) is 0.813. The van der Waals surface area contributed by atoms with Gasteiger partial charge >= 0.3 is 0 Å². The highest BCUT2D eigenvalue weighted by Crippen LogP contribution is 2.39. The van der Waals surface area contributed by atoms with E-state index in [-0.39, 0.29) is 0 Å². The molecule has 2 heterocycles. The first-order valence-electron chi connectivity index (χ1n) is 9.06. The molecule has 0 unspecified atom stereocenters. The summed E-state index contributed by atoms with van der Waals surface area (Å²) in [4.78, 5) is 12.0. The van der Waals surface area contributed by atoms with Crippen molar-refractivity contribution in [3.8, 4) is 0 Å². The molecule has 0 N–H and O–H groups in total. The predicted molar refractivity (Wildman–Crippen MR) is 117 cm³/mol. The number of hydrogen-bond acceptors (Lipinski definition) is 4. The van der Waals surface area contributed by atoms with E-state index in [9.17, 15) is 0 Å². The number of aromatic nitrogens is 2. The highest BCUT2D eigenvalue weighted by molar-refractivity contribution is 6.37. The second-order valence-corrected chi connectivity index (χ2v) is 7.78. The van der Waals surface area contributed by atoms with Gasteiger partial charge in [0.05, 0.1) is 27.0 Å². The molecule has 2 aromatic carbocycles. The van der Waals surface area contributed by atoms with Gasteiger partial charge in [0.15, 0.2) is 0 Å². The van der Waals surface area contributed by atoms with Crippen molar-refractivity contribution in [3.05, 3.63) is 51.0 Å². The number of imidazole rings is 1. The highest BCUT2D eigenvalue weighted by Gasteiger charge is 2.27. The molecular weight excluding hydrogens is 419 g/mol. The zero-order valence-corrected chi connectivity index (χ0v) is 17.8. The Bertz CT molecular complexity index is 1080. The quantitative estimate of drug-likeness (QED) is 0.355. The number of benzene rings is 2. The number of anilines is 2. The molecule has 0 spiro atoms. The molecule has 0 amide bonds. The summed E-state index contributed by atoms with van der Waals surface area (Å²) in [6, 6.07) is 9.35. The lowest BCUT2D eigenvalue weighted by atomic mass is 10.1. The van der Waals surface area contributed by atoms with Crippen LogP contribution in [0, 0.1) is 0 Å². The molecule has 0 atom stereocenters. The topological polar surface area (TPSA) is 42.7 Å². The molecule has 4 rings (SSSR count). The lowest BCUT2D eigenvalue weighted by molar-refractivity contribution is 0.213. The summed E-state index contributed by atoms with van der Waals surface area (Å²) in [6.07, 6.45) is 1.68. The van der Waals surface area contributed by atoms with E-state index in [1.54, 1.807) is 13.2 Å². The van der Waals surface area contributed by atoms with Crippen LogP contribution in [-0.4, -0.2) is 28.9 Å². The maximum atomic E-state index is 6.51. The molecule has 3 aromatic rings. The Morgan fingerprint density at radius 1 is 1.14 bits per heavy atom. The van der Waals surface area contributed by atoms with Gasteiger partial charge in [-0.2, -0.15) is 0 Å². The fourth-order valence-corrected chi connectivity index (χ4v) is 4.38.